The highest BCUT2D eigenvalue weighted by atomic mass is 79.9. The summed E-state index contributed by atoms with van der Waals surface area (Å²) in [5, 5.41) is 0. The van der Waals surface area contributed by atoms with Gasteiger partial charge in [0.25, 0.3) is 0 Å². The number of furan rings is 1. The first-order valence-corrected chi connectivity index (χ1v) is 3.81. The van der Waals surface area contributed by atoms with E-state index in [2.05, 4.69) is 20.7 Å². The van der Waals surface area contributed by atoms with E-state index < -0.39 is 5.97 Å². The van der Waals surface area contributed by atoms with Gasteiger partial charge in [0.15, 0.2) is 12.0 Å². The Balaban J connectivity index is 3.04. The molecule has 0 N–H and O–H groups in total. The van der Waals surface area contributed by atoms with Gasteiger partial charge in [0.2, 0.25) is 5.76 Å². The summed E-state index contributed by atoms with van der Waals surface area (Å²) in [4.78, 5) is 21.1. The molecule has 0 saturated heterocycles. The maximum atomic E-state index is 10.8. The van der Waals surface area contributed by atoms with Gasteiger partial charge in [-0.25, -0.2) is 4.79 Å². The molecule has 0 aliphatic heterocycles. The van der Waals surface area contributed by atoms with Crippen LogP contribution in [0.5, 0.6) is 0 Å². The first kappa shape index (κ1) is 8.99. The van der Waals surface area contributed by atoms with Crippen molar-refractivity contribution >= 4 is 28.2 Å². The molecular weight excluding hydrogens is 228 g/mol. The number of aldehydes is 1. The van der Waals surface area contributed by atoms with Gasteiger partial charge in [-0.1, -0.05) is 0 Å². The summed E-state index contributed by atoms with van der Waals surface area (Å²) in [6.45, 7) is 0. The molecule has 0 radical (unpaired) electrons. The van der Waals surface area contributed by atoms with Crippen LogP contribution in [0.25, 0.3) is 0 Å². The fourth-order valence-electron chi connectivity index (χ4n) is 0.664. The van der Waals surface area contributed by atoms with Crippen LogP contribution in [0, 0.1) is 0 Å². The van der Waals surface area contributed by atoms with E-state index in [0.717, 1.165) is 0 Å². The van der Waals surface area contributed by atoms with Crippen molar-refractivity contribution in [3.63, 3.8) is 0 Å². The molecule has 0 aliphatic rings. The monoisotopic (exact) mass is 232 g/mol. The molecule has 0 saturated carbocycles. The Hall–Kier alpha value is -1.10. The minimum absolute atomic E-state index is 0.00600. The quantitative estimate of drug-likeness (QED) is 0.575. The molecule has 4 nitrogen and oxygen atoms in total. The van der Waals surface area contributed by atoms with Gasteiger partial charge in [0.05, 0.1) is 11.6 Å². The topological polar surface area (TPSA) is 56.5 Å². The molecule has 0 amide bonds. The third-order valence-electron chi connectivity index (χ3n) is 1.21. The molecule has 0 atom stereocenters. The first-order valence-electron chi connectivity index (χ1n) is 3.02. The van der Waals surface area contributed by atoms with Gasteiger partial charge < -0.3 is 9.15 Å². The zero-order valence-electron chi connectivity index (χ0n) is 6.17. The zero-order valence-corrected chi connectivity index (χ0v) is 7.75. The largest absolute Gasteiger partial charge is 0.463 e. The number of methoxy groups -OCH3 is 1. The van der Waals surface area contributed by atoms with Crippen LogP contribution in [0.1, 0.15) is 21.1 Å². The Morgan fingerprint density at radius 2 is 2.42 bits per heavy atom. The highest BCUT2D eigenvalue weighted by Gasteiger charge is 2.14. The summed E-state index contributed by atoms with van der Waals surface area (Å²) in [5.41, 5.74) is 0. The van der Waals surface area contributed by atoms with E-state index in [1.54, 1.807) is 0 Å². The molecule has 12 heavy (non-hydrogen) atoms. The lowest BCUT2D eigenvalue weighted by Crippen LogP contribution is -1.98. The number of hydrogen-bond acceptors (Lipinski definition) is 4. The van der Waals surface area contributed by atoms with Crippen LogP contribution in [0.2, 0.25) is 0 Å². The zero-order chi connectivity index (χ0) is 9.14. The van der Waals surface area contributed by atoms with E-state index in [0.29, 0.717) is 10.8 Å². The average molecular weight is 233 g/mol. The second kappa shape index (κ2) is 3.53. The number of rotatable bonds is 2. The van der Waals surface area contributed by atoms with Crippen LogP contribution in [-0.4, -0.2) is 19.4 Å². The van der Waals surface area contributed by atoms with E-state index in [9.17, 15) is 9.59 Å². The highest BCUT2D eigenvalue weighted by Crippen LogP contribution is 2.20. The van der Waals surface area contributed by atoms with Crippen LogP contribution in [0.15, 0.2) is 15.0 Å². The van der Waals surface area contributed by atoms with Crippen molar-refractivity contribution in [2.75, 3.05) is 7.11 Å². The molecular formula is C7H5BrO4. The van der Waals surface area contributed by atoms with Gasteiger partial charge >= 0.3 is 5.97 Å². The third kappa shape index (κ3) is 1.55. The van der Waals surface area contributed by atoms with E-state index in [-0.39, 0.29) is 11.5 Å². The number of esters is 1. The molecule has 1 rings (SSSR count). The fraction of sp³-hybridized carbons (Fsp3) is 0.143. The van der Waals surface area contributed by atoms with Gasteiger partial charge in [0, 0.05) is 6.07 Å². The molecule has 64 valence electrons. The van der Waals surface area contributed by atoms with E-state index in [1.807, 2.05) is 0 Å². The minimum atomic E-state index is -0.608. The first-order chi connectivity index (χ1) is 5.69. The molecule has 0 aliphatic carbocycles. The van der Waals surface area contributed by atoms with Crippen LogP contribution in [0.3, 0.4) is 0 Å². The SMILES string of the molecule is COC(=O)c1cc(Br)c(C=O)o1. The van der Waals surface area contributed by atoms with Gasteiger partial charge in [-0.05, 0) is 15.9 Å². The number of carbonyl (C=O) groups is 2. The van der Waals surface area contributed by atoms with Crippen LogP contribution in [-0.2, 0) is 4.74 Å². The second-order valence-electron chi connectivity index (χ2n) is 1.93. The molecule has 5 heteroatoms. The molecule has 0 fully saturated rings. The fourth-order valence-corrected chi connectivity index (χ4v) is 1.05. The van der Waals surface area contributed by atoms with Crippen LogP contribution < -0.4 is 0 Å². The molecule has 0 spiro atoms. The third-order valence-corrected chi connectivity index (χ3v) is 1.83. The lowest BCUT2D eigenvalue weighted by molar-refractivity contribution is 0.0564. The van der Waals surface area contributed by atoms with Crippen molar-refractivity contribution in [3.05, 3.63) is 22.1 Å². The number of carbonyl (C=O) groups excluding carboxylic acids is 2. The summed E-state index contributed by atoms with van der Waals surface area (Å²) < 4.78 is 9.65. The summed E-state index contributed by atoms with van der Waals surface area (Å²) in [6, 6.07) is 1.38. The van der Waals surface area contributed by atoms with Gasteiger partial charge in [0.1, 0.15) is 0 Å². The number of halogens is 1. The van der Waals surface area contributed by atoms with Gasteiger partial charge in [-0.15, -0.1) is 0 Å². The molecule has 0 aromatic carbocycles. The molecule has 0 bridgehead atoms. The van der Waals surface area contributed by atoms with Crippen molar-refractivity contribution in [1.29, 1.82) is 0 Å². The minimum Gasteiger partial charge on any atom is -0.463 e. The Morgan fingerprint density at radius 1 is 1.75 bits per heavy atom. The standard InChI is InChI=1S/C7H5BrO4/c1-11-7(10)5-2-4(8)6(3-9)12-5/h2-3H,1H3. The molecule has 0 unspecified atom stereocenters. The normalized spacial score (nSPS) is 9.50. The van der Waals surface area contributed by atoms with Crippen molar-refractivity contribution in [2.24, 2.45) is 0 Å². The van der Waals surface area contributed by atoms with Crippen molar-refractivity contribution in [2.45, 2.75) is 0 Å². The predicted molar refractivity (Wildman–Crippen MR) is 43.1 cm³/mol. The maximum Gasteiger partial charge on any atom is 0.374 e. The summed E-state index contributed by atoms with van der Waals surface area (Å²) in [6.07, 6.45) is 0.510. The molecule has 1 heterocycles. The van der Waals surface area contributed by atoms with Gasteiger partial charge in [-0.3, -0.25) is 4.79 Å². The lowest BCUT2D eigenvalue weighted by Gasteiger charge is -1.90. The Bertz CT molecular complexity index is 315. The van der Waals surface area contributed by atoms with Crippen molar-refractivity contribution in [3.8, 4) is 0 Å². The number of hydrogen-bond donors (Lipinski definition) is 0. The smallest absolute Gasteiger partial charge is 0.374 e. The highest BCUT2D eigenvalue weighted by molar-refractivity contribution is 9.10. The Morgan fingerprint density at radius 3 is 2.83 bits per heavy atom. The predicted octanol–water partition coefficient (Wildman–Crippen LogP) is 1.64. The summed E-state index contributed by atoms with van der Waals surface area (Å²) in [5.74, 6) is -0.523. The molecule has 1 aromatic heterocycles. The Labute approximate surface area is 76.6 Å². The van der Waals surface area contributed by atoms with E-state index >= 15 is 0 Å². The van der Waals surface area contributed by atoms with Crippen LogP contribution in [0.4, 0.5) is 0 Å². The van der Waals surface area contributed by atoms with E-state index in [1.165, 1.54) is 13.2 Å². The molecule has 1 aromatic rings. The van der Waals surface area contributed by atoms with Crippen LogP contribution >= 0.6 is 15.9 Å². The average Bonchev–Trinajstić information content (AvgIpc) is 2.45. The van der Waals surface area contributed by atoms with Crippen molar-refractivity contribution in [1.82, 2.24) is 0 Å². The van der Waals surface area contributed by atoms with Crippen molar-refractivity contribution < 1.29 is 18.7 Å². The number of ether oxygens (including phenoxy) is 1. The summed E-state index contributed by atoms with van der Waals surface area (Å²) >= 11 is 3.04. The van der Waals surface area contributed by atoms with Gasteiger partial charge in [-0.2, -0.15) is 0 Å². The summed E-state index contributed by atoms with van der Waals surface area (Å²) in [7, 11) is 1.24. The lowest BCUT2D eigenvalue weighted by atomic mass is 10.4. The Kier molecular flexibility index (Phi) is 2.65. The maximum absolute atomic E-state index is 10.8. The van der Waals surface area contributed by atoms with E-state index in [4.69, 9.17) is 4.42 Å². The second-order valence-corrected chi connectivity index (χ2v) is 2.79.